The summed E-state index contributed by atoms with van der Waals surface area (Å²) in [6.45, 7) is 0. The molecule has 0 aliphatic rings. The summed E-state index contributed by atoms with van der Waals surface area (Å²) < 4.78 is 17.5. The standard InChI is InChI=1S/C25H25N7O4S/c1-34-19-11-12-22(35-2)21(14-19)28-23(33)16-37-25-31-30-24(32(25)26)29-27-15-17-7-6-10-20(13-17)36-18-8-4-3-5-9-18/h3-15H,16,26H2,1-2H3,(H,28,33)(H,29,30)/b27-15+. The molecule has 0 fully saturated rings. The van der Waals surface area contributed by atoms with Crippen LogP contribution < -0.4 is 30.8 Å². The zero-order valence-electron chi connectivity index (χ0n) is 20.1. The molecule has 12 heteroatoms. The van der Waals surface area contributed by atoms with Crippen molar-refractivity contribution in [1.82, 2.24) is 14.9 Å². The summed E-state index contributed by atoms with van der Waals surface area (Å²) in [5, 5.41) is 15.3. The first-order chi connectivity index (χ1) is 18.1. The fraction of sp³-hybridized carbons (Fsp3) is 0.120. The van der Waals surface area contributed by atoms with Crippen LogP contribution in [0.25, 0.3) is 0 Å². The highest BCUT2D eigenvalue weighted by molar-refractivity contribution is 7.99. The van der Waals surface area contributed by atoms with E-state index in [1.165, 1.54) is 11.8 Å². The molecular weight excluding hydrogens is 494 g/mol. The molecule has 1 aromatic heterocycles. The van der Waals surface area contributed by atoms with Crippen LogP contribution in [-0.4, -0.2) is 47.0 Å². The normalized spacial score (nSPS) is 10.8. The largest absolute Gasteiger partial charge is 0.497 e. The lowest BCUT2D eigenvalue weighted by Crippen LogP contribution is -2.17. The van der Waals surface area contributed by atoms with E-state index >= 15 is 0 Å². The number of para-hydroxylation sites is 1. The molecular formula is C25H25N7O4S. The van der Waals surface area contributed by atoms with E-state index in [0.29, 0.717) is 28.1 Å². The van der Waals surface area contributed by atoms with Gasteiger partial charge in [-0.15, -0.1) is 10.2 Å². The molecule has 0 radical (unpaired) electrons. The Kier molecular flexibility index (Phi) is 8.45. The molecule has 0 aliphatic heterocycles. The predicted molar refractivity (Wildman–Crippen MR) is 143 cm³/mol. The Hall–Kier alpha value is -4.71. The number of nitrogens with zero attached hydrogens (tertiary/aromatic N) is 4. The minimum absolute atomic E-state index is 0.0488. The quantitative estimate of drug-likeness (QED) is 0.116. The molecule has 37 heavy (non-hydrogen) atoms. The zero-order valence-corrected chi connectivity index (χ0v) is 20.9. The lowest BCUT2D eigenvalue weighted by molar-refractivity contribution is -0.113. The maximum Gasteiger partial charge on any atom is 0.264 e. The van der Waals surface area contributed by atoms with Gasteiger partial charge in [-0.05, 0) is 42.0 Å². The highest BCUT2D eigenvalue weighted by Gasteiger charge is 2.14. The third-order valence-corrected chi connectivity index (χ3v) is 5.84. The van der Waals surface area contributed by atoms with Crippen LogP contribution >= 0.6 is 11.8 Å². The molecule has 0 saturated carbocycles. The van der Waals surface area contributed by atoms with Gasteiger partial charge in [0.15, 0.2) is 0 Å². The number of carbonyl (C=O) groups is 1. The van der Waals surface area contributed by atoms with Gasteiger partial charge in [-0.1, -0.05) is 42.1 Å². The van der Waals surface area contributed by atoms with Gasteiger partial charge in [0.1, 0.15) is 23.0 Å². The molecule has 4 rings (SSSR count). The maximum absolute atomic E-state index is 12.5. The lowest BCUT2D eigenvalue weighted by Gasteiger charge is -2.11. The Balaban J connectivity index is 1.31. The van der Waals surface area contributed by atoms with Gasteiger partial charge < -0.3 is 25.4 Å². The number of hydrogen-bond donors (Lipinski definition) is 3. The van der Waals surface area contributed by atoms with Gasteiger partial charge in [0.25, 0.3) is 5.95 Å². The third-order valence-electron chi connectivity index (χ3n) is 4.89. The van der Waals surface area contributed by atoms with Gasteiger partial charge in [0.2, 0.25) is 11.1 Å². The summed E-state index contributed by atoms with van der Waals surface area (Å²) in [5.74, 6) is 8.58. The molecule has 190 valence electrons. The number of ether oxygens (including phenoxy) is 3. The third kappa shape index (κ3) is 6.92. The number of nitrogens with two attached hydrogens (primary N) is 1. The molecule has 0 atom stereocenters. The van der Waals surface area contributed by atoms with E-state index in [2.05, 4.69) is 26.0 Å². The first-order valence-electron chi connectivity index (χ1n) is 11.0. The summed E-state index contributed by atoms with van der Waals surface area (Å²) in [6.07, 6.45) is 1.61. The number of hydrazone groups is 1. The Bertz CT molecular complexity index is 1380. The second-order valence-electron chi connectivity index (χ2n) is 7.44. The molecule has 1 heterocycles. The molecule has 3 aromatic carbocycles. The molecule has 0 saturated heterocycles. The number of nitrogen functional groups attached to an aromatic ring is 1. The number of hydrogen-bond acceptors (Lipinski definition) is 10. The van der Waals surface area contributed by atoms with Gasteiger partial charge in [-0.25, -0.2) is 10.1 Å². The van der Waals surface area contributed by atoms with Crippen LogP contribution in [0.5, 0.6) is 23.0 Å². The molecule has 0 spiro atoms. The average molecular weight is 520 g/mol. The van der Waals surface area contributed by atoms with Crippen LogP contribution in [0.3, 0.4) is 0 Å². The van der Waals surface area contributed by atoms with E-state index < -0.39 is 0 Å². The van der Waals surface area contributed by atoms with Crippen molar-refractivity contribution in [2.45, 2.75) is 5.16 Å². The van der Waals surface area contributed by atoms with Crippen LogP contribution in [0.4, 0.5) is 11.6 Å². The van der Waals surface area contributed by atoms with E-state index in [0.717, 1.165) is 23.1 Å². The lowest BCUT2D eigenvalue weighted by atomic mass is 10.2. The molecule has 4 aromatic rings. The number of amides is 1. The van der Waals surface area contributed by atoms with Gasteiger partial charge >= 0.3 is 0 Å². The van der Waals surface area contributed by atoms with Crippen LogP contribution in [0.2, 0.25) is 0 Å². The maximum atomic E-state index is 12.5. The molecule has 1 amide bonds. The number of nitrogens with one attached hydrogen (secondary N) is 2. The number of methoxy groups -OCH3 is 2. The number of aromatic nitrogens is 3. The predicted octanol–water partition coefficient (Wildman–Crippen LogP) is 3.98. The van der Waals surface area contributed by atoms with E-state index in [9.17, 15) is 4.79 Å². The fourth-order valence-electron chi connectivity index (χ4n) is 3.13. The molecule has 4 N–H and O–H groups in total. The Labute approximate surface area is 217 Å². The van der Waals surface area contributed by atoms with Crippen molar-refractivity contribution in [1.29, 1.82) is 0 Å². The zero-order chi connectivity index (χ0) is 26.0. The van der Waals surface area contributed by atoms with Crippen molar-refractivity contribution in [3.8, 4) is 23.0 Å². The van der Waals surface area contributed by atoms with Crippen LogP contribution in [0.15, 0.2) is 83.1 Å². The second-order valence-corrected chi connectivity index (χ2v) is 8.38. The SMILES string of the molecule is COc1ccc(OC)c(NC(=O)CSc2nnc(N/N=C/c3cccc(Oc4ccccc4)c3)n2N)c1. The highest BCUT2D eigenvalue weighted by Crippen LogP contribution is 2.29. The number of thioether (sulfide) groups is 1. The topological polar surface area (TPSA) is 138 Å². The minimum Gasteiger partial charge on any atom is -0.497 e. The van der Waals surface area contributed by atoms with Crippen molar-refractivity contribution in [3.63, 3.8) is 0 Å². The summed E-state index contributed by atoms with van der Waals surface area (Å²) in [7, 11) is 3.07. The van der Waals surface area contributed by atoms with Crippen molar-refractivity contribution in [2.75, 3.05) is 36.6 Å². The van der Waals surface area contributed by atoms with Crippen LogP contribution in [0, 0.1) is 0 Å². The molecule has 11 nitrogen and oxygen atoms in total. The van der Waals surface area contributed by atoms with E-state index in [-0.39, 0.29) is 17.6 Å². The van der Waals surface area contributed by atoms with E-state index in [1.807, 2.05) is 54.6 Å². The van der Waals surface area contributed by atoms with Gasteiger partial charge in [-0.3, -0.25) is 4.79 Å². The van der Waals surface area contributed by atoms with Crippen molar-refractivity contribution in [2.24, 2.45) is 5.10 Å². The highest BCUT2D eigenvalue weighted by atomic mass is 32.2. The molecule has 0 bridgehead atoms. The Morgan fingerprint density at radius 2 is 1.81 bits per heavy atom. The van der Waals surface area contributed by atoms with Crippen LogP contribution in [-0.2, 0) is 4.79 Å². The number of rotatable bonds is 11. The van der Waals surface area contributed by atoms with Gasteiger partial charge in [0.05, 0.1) is 31.9 Å². The summed E-state index contributed by atoms with van der Waals surface area (Å²) in [6, 6.07) is 22.1. The molecule has 0 aliphatic carbocycles. The average Bonchev–Trinajstić information content (AvgIpc) is 3.27. The van der Waals surface area contributed by atoms with Crippen LogP contribution in [0.1, 0.15) is 5.56 Å². The van der Waals surface area contributed by atoms with Crippen molar-refractivity contribution < 1.29 is 19.0 Å². The van der Waals surface area contributed by atoms with E-state index in [4.69, 9.17) is 20.1 Å². The monoisotopic (exact) mass is 519 g/mol. The first kappa shape index (κ1) is 25.4. The number of anilines is 2. The van der Waals surface area contributed by atoms with Gasteiger partial charge in [-0.2, -0.15) is 5.10 Å². The van der Waals surface area contributed by atoms with E-state index in [1.54, 1.807) is 31.5 Å². The summed E-state index contributed by atoms with van der Waals surface area (Å²) >= 11 is 1.12. The van der Waals surface area contributed by atoms with Gasteiger partial charge in [0, 0.05) is 6.07 Å². The minimum atomic E-state index is -0.273. The molecule has 0 unspecified atom stereocenters. The fourth-order valence-corrected chi connectivity index (χ4v) is 3.78. The van der Waals surface area contributed by atoms with Crippen molar-refractivity contribution in [3.05, 3.63) is 78.4 Å². The summed E-state index contributed by atoms with van der Waals surface area (Å²) in [5.41, 5.74) is 4.06. The number of carbonyl (C=O) groups excluding carboxylic acids is 1. The first-order valence-corrected chi connectivity index (χ1v) is 12.0. The Morgan fingerprint density at radius 3 is 2.59 bits per heavy atom. The smallest absolute Gasteiger partial charge is 0.264 e. The Morgan fingerprint density at radius 1 is 1.00 bits per heavy atom. The van der Waals surface area contributed by atoms with Crippen molar-refractivity contribution >= 4 is 35.5 Å². The summed E-state index contributed by atoms with van der Waals surface area (Å²) in [4.78, 5) is 12.5. The number of benzene rings is 3. The second kappa shape index (κ2) is 12.3.